The highest BCUT2D eigenvalue weighted by Gasteiger charge is 2.22. The summed E-state index contributed by atoms with van der Waals surface area (Å²) in [5.74, 6) is 2.09. The van der Waals surface area contributed by atoms with Gasteiger partial charge in [0.2, 0.25) is 5.95 Å². The maximum atomic E-state index is 13.3. The first-order valence-corrected chi connectivity index (χ1v) is 14.1. The van der Waals surface area contributed by atoms with E-state index in [1.54, 1.807) is 19.4 Å². The van der Waals surface area contributed by atoms with Gasteiger partial charge in [-0.15, -0.1) is 0 Å². The number of nitrogens with one attached hydrogen (secondary N) is 2. The number of rotatable bonds is 6. The van der Waals surface area contributed by atoms with Crippen LogP contribution >= 0.6 is 11.6 Å². The largest absolute Gasteiger partial charge is 0.494 e. The van der Waals surface area contributed by atoms with Gasteiger partial charge < -0.3 is 15.0 Å². The smallest absolute Gasteiger partial charge is 0.227 e. The van der Waals surface area contributed by atoms with Crippen LogP contribution in [0.25, 0.3) is 22.2 Å². The van der Waals surface area contributed by atoms with E-state index in [0.717, 1.165) is 29.6 Å². The normalized spacial score (nSPS) is 15.8. The molecule has 36 heavy (non-hydrogen) atoms. The number of H-pyrrole nitrogens is 1. The summed E-state index contributed by atoms with van der Waals surface area (Å²) < 4.78 is 23.5. The molecule has 1 aliphatic rings. The second-order valence-corrected chi connectivity index (χ2v) is 12.0. The average molecular weight is 525 g/mol. The van der Waals surface area contributed by atoms with Gasteiger partial charge in [-0.2, -0.15) is 4.36 Å². The molecule has 8 nitrogen and oxygen atoms in total. The molecule has 1 fully saturated rings. The first kappa shape index (κ1) is 24.5. The molecule has 4 aromatic rings. The average Bonchev–Trinajstić information content (AvgIpc) is 3.30. The molecule has 3 heterocycles. The number of benzene rings is 2. The van der Waals surface area contributed by atoms with E-state index in [4.69, 9.17) is 16.3 Å². The van der Waals surface area contributed by atoms with Crippen molar-refractivity contribution in [2.24, 2.45) is 4.36 Å². The zero-order chi connectivity index (χ0) is 25.3. The number of methoxy groups -OCH3 is 1. The number of aromatic nitrogens is 3. The highest BCUT2D eigenvalue weighted by atomic mass is 35.5. The molecular weight excluding hydrogens is 496 g/mol. The van der Waals surface area contributed by atoms with Crippen molar-refractivity contribution in [1.29, 1.82) is 0 Å². The molecule has 10 heteroatoms. The standard InChI is InChI=1S/C26H29ClN6O2S/c1-17(2)33-10-12-36(34,13-11-33)32-18-8-9-23(24(14-18)35-3)30-26-29-16-21(27)25(31-26)20-15-28-22-7-5-4-6-19(20)22/h4-9,14-17,28H,10-13H2,1-3H3,(H,29,30,31). The molecule has 0 unspecified atom stereocenters. The maximum absolute atomic E-state index is 13.3. The van der Waals surface area contributed by atoms with Crippen molar-refractivity contribution in [3.8, 4) is 17.0 Å². The van der Waals surface area contributed by atoms with Crippen LogP contribution in [-0.4, -0.2) is 61.8 Å². The van der Waals surface area contributed by atoms with Gasteiger partial charge in [0.05, 0.1) is 45.1 Å². The van der Waals surface area contributed by atoms with Crippen molar-refractivity contribution in [1.82, 2.24) is 19.9 Å². The number of halogens is 1. The van der Waals surface area contributed by atoms with E-state index < -0.39 is 9.73 Å². The summed E-state index contributed by atoms with van der Waals surface area (Å²) in [6, 6.07) is 13.9. The number of anilines is 2. The Kier molecular flexibility index (Phi) is 6.87. The molecule has 0 saturated carbocycles. The van der Waals surface area contributed by atoms with Crippen molar-refractivity contribution >= 4 is 49.6 Å². The minimum Gasteiger partial charge on any atom is -0.494 e. The second kappa shape index (κ2) is 10.1. The van der Waals surface area contributed by atoms with Crippen molar-refractivity contribution in [2.45, 2.75) is 19.9 Å². The molecule has 0 bridgehead atoms. The number of fused-ring (bicyclic) bond motifs is 1. The number of ether oxygens (including phenoxy) is 1. The first-order chi connectivity index (χ1) is 17.3. The van der Waals surface area contributed by atoms with Gasteiger partial charge in [0.1, 0.15) is 5.75 Å². The molecule has 1 saturated heterocycles. The third-order valence-corrected chi connectivity index (χ3v) is 8.88. The molecule has 0 radical (unpaired) electrons. The summed E-state index contributed by atoms with van der Waals surface area (Å²) in [7, 11) is -0.706. The minimum absolute atomic E-state index is 0.384. The van der Waals surface area contributed by atoms with Gasteiger partial charge in [0, 0.05) is 59.4 Å². The summed E-state index contributed by atoms with van der Waals surface area (Å²) in [6.07, 6.45) is 3.48. The van der Waals surface area contributed by atoms with Crippen LogP contribution in [0.3, 0.4) is 0 Å². The molecule has 188 valence electrons. The molecule has 2 N–H and O–H groups in total. The molecule has 5 rings (SSSR count). The lowest BCUT2D eigenvalue weighted by Crippen LogP contribution is -2.43. The van der Waals surface area contributed by atoms with Crippen LogP contribution in [-0.2, 0) is 9.73 Å². The SMILES string of the molecule is COc1cc(N=S2(=O)CCN(C(C)C)CC2)ccc1Nc1ncc(Cl)c(-c2c[nH]c3ccccc23)n1. The van der Waals surface area contributed by atoms with Crippen molar-refractivity contribution in [2.75, 3.05) is 37.0 Å². The second-order valence-electron chi connectivity index (χ2n) is 9.05. The zero-order valence-corrected chi connectivity index (χ0v) is 22.1. The van der Waals surface area contributed by atoms with Gasteiger partial charge in [0.25, 0.3) is 0 Å². The van der Waals surface area contributed by atoms with Gasteiger partial charge in [0.15, 0.2) is 0 Å². The third-order valence-electron chi connectivity index (χ3n) is 6.42. The van der Waals surface area contributed by atoms with Crippen LogP contribution in [0, 0.1) is 0 Å². The number of hydrogen-bond acceptors (Lipinski definition) is 7. The number of aromatic amines is 1. The van der Waals surface area contributed by atoms with Crippen molar-refractivity contribution in [3.05, 3.63) is 59.9 Å². The predicted molar refractivity (Wildman–Crippen MR) is 147 cm³/mol. The number of hydrogen-bond donors (Lipinski definition) is 2. The lowest BCUT2D eigenvalue weighted by Gasteiger charge is -2.31. The molecule has 0 amide bonds. The minimum atomic E-state index is -2.29. The summed E-state index contributed by atoms with van der Waals surface area (Å²) in [4.78, 5) is 14.6. The van der Waals surface area contributed by atoms with Crippen LogP contribution in [0.5, 0.6) is 5.75 Å². The summed E-state index contributed by atoms with van der Waals surface area (Å²) in [6.45, 7) is 5.91. The topological polar surface area (TPSA) is 95.5 Å². The Morgan fingerprint density at radius 2 is 1.97 bits per heavy atom. The molecule has 0 atom stereocenters. The van der Waals surface area contributed by atoms with Crippen LogP contribution < -0.4 is 10.1 Å². The van der Waals surface area contributed by atoms with E-state index in [9.17, 15) is 4.21 Å². The van der Waals surface area contributed by atoms with Gasteiger partial charge in [-0.05, 0) is 32.0 Å². The molecule has 2 aromatic heterocycles. The predicted octanol–water partition coefficient (Wildman–Crippen LogP) is 5.85. The van der Waals surface area contributed by atoms with E-state index in [0.29, 0.717) is 51.3 Å². The molecule has 0 aliphatic carbocycles. The molecule has 0 spiro atoms. The lowest BCUT2D eigenvalue weighted by molar-refractivity contribution is 0.242. The quantitative estimate of drug-likeness (QED) is 0.328. The van der Waals surface area contributed by atoms with Crippen LogP contribution in [0.2, 0.25) is 5.02 Å². The van der Waals surface area contributed by atoms with E-state index in [1.807, 2.05) is 42.6 Å². The first-order valence-electron chi connectivity index (χ1n) is 11.9. The monoisotopic (exact) mass is 524 g/mol. The van der Waals surface area contributed by atoms with Gasteiger partial charge >= 0.3 is 0 Å². The fourth-order valence-corrected chi connectivity index (χ4v) is 6.49. The fraction of sp³-hybridized carbons (Fsp3) is 0.308. The molecule has 1 aliphatic heterocycles. The van der Waals surface area contributed by atoms with E-state index >= 15 is 0 Å². The van der Waals surface area contributed by atoms with Gasteiger partial charge in [-0.3, -0.25) is 4.90 Å². The van der Waals surface area contributed by atoms with Crippen LogP contribution in [0.1, 0.15) is 13.8 Å². The Labute approximate surface area is 216 Å². The van der Waals surface area contributed by atoms with Gasteiger partial charge in [-0.1, -0.05) is 29.8 Å². The van der Waals surface area contributed by atoms with Crippen LogP contribution in [0.15, 0.2) is 59.2 Å². The Balaban J connectivity index is 1.41. The summed E-state index contributed by atoms with van der Waals surface area (Å²) in [5.41, 5.74) is 3.84. The highest BCUT2D eigenvalue weighted by molar-refractivity contribution is 7.93. The van der Waals surface area contributed by atoms with Crippen LogP contribution in [0.4, 0.5) is 17.3 Å². The Bertz CT molecular complexity index is 1510. The van der Waals surface area contributed by atoms with E-state index in [2.05, 4.69) is 43.4 Å². The Hall–Kier alpha value is -3.14. The highest BCUT2D eigenvalue weighted by Crippen LogP contribution is 2.35. The third kappa shape index (κ3) is 5.04. The number of nitrogens with zero attached hydrogens (tertiary/aromatic N) is 4. The summed E-state index contributed by atoms with van der Waals surface area (Å²) >= 11 is 6.47. The van der Waals surface area contributed by atoms with Crippen molar-refractivity contribution < 1.29 is 8.95 Å². The maximum Gasteiger partial charge on any atom is 0.227 e. The lowest BCUT2D eigenvalue weighted by atomic mass is 10.1. The fourth-order valence-electron chi connectivity index (χ4n) is 4.38. The Morgan fingerprint density at radius 3 is 2.72 bits per heavy atom. The van der Waals surface area contributed by atoms with Crippen molar-refractivity contribution in [3.63, 3.8) is 0 Å². The van der Waals surface area contributed by atoms with E-state index in [1.165, 1.54) is 0 Å². The molecular formula is C26H29ClN6O2S. The number of para-hydroxylation sites is 1. The Morgan fingerprint density at radius 1 is 1.19 bits per heavy atom. The zero-order valence-electron chi connectivity index (χ0n) is 20.5. The van der Waals surface area contributed by atoms with E-state index in [-0.39, 0.29) is 0 Å². The van der Waals surface area contributed by atoms with Gasteiger partial charge in [-0.25, -0.2) is 14.2 Å². The molecule has 2 aromatic carbocycles. The summed E-state index contributed by atoms with van der Waals surface area (Å²) in [5, 5.41) is 4.71.